The van der Waals surface area contributed by atoms with Gasteiger partial charge in [-0.15, -0.1) is 0 Å². The summed E-state index contributed by atoms with van der Waals surface area (Å²) in [5, 5.41) is 2.97. The molecule has 0 saturated heterocycles. The summed E-state index contributed by atoms with van der Waals surface area (Å²) in [5.41, 5.74) is 0.899. The number of aromatic nitrogens is 2. The standard InChI is InChI=1S/C19H15ClFN3O3S/c1-27-13-5-2-11(3-6-13)16-9-17(25)24-19(23-16)28-10-18(26)22-15-7-4-12(20)8-14(15)21/h2-9H,10H2,1H3,(H,22,26)(H,23,24,25). The minimum Gasteiger partial charge on any atom is -0.497 e. The largest absolute Gasteiger partial charge is 0.497 e. The number of halogens is 2. The Morgan fingerprint density at radius 2 is 2.00 bits per heavy atom. The zero-order valence-corrected chi connectivity index (χ0v) is 16.2. The van der Waals surface area contributed by atoms with Gasteiger partial charge in [0.1, 0.15) is 11.6 Å². The van der Waals surface area contributed by atoms with Gasteiger partial charge in [0.25, 0.3) is 5.56 Å². The molecule has 0 aliphatic carbocycles. The predicted octanol–water partition coefficient (Wildman–Crippen LogP) is 3.97. The number of hydrogen-bond acceptors (Lipinski definition) is 5. The normalized spacial score (nSPS) is 10.5. The van der Waals surface area contributed by atoms with E-state index in [0.29, 0.717) is 11.4 Å². The van der Waals surface area contributed by atoms with Crippen LogP contribution in [0.5, 0.6) is 5.75 Å². The van der Waals surface area contributed by atoms with E-state index in [2.05, 4.69) is 15.3 Å². The van der Waals surface area contributed by atoms with Gasteiger partial charge in [-0.25, -0.2) is 9.37 Å². The molecule has 28 heavy (non-hydrogen) atoms. The first-order valence-corrected chi connectivity index (χ1v) is 9.44. The van der Waals surface area contributed by atoms with Crippen molar-refractivity contribution in [3.63, 3.8) is 0 Å². The third-order valence-electron chi connectivity index (χ3n) is 3.65. The van der Waals surface area contributed by atoms with Crippen LogP contribution in [0.15, 0.2) is 58.5 Å². The number of rotatable bonds is 6. The quantitative estimate of drug-likeness (QED) is 0.466. The maximum Gasteiger partial charge on any atom is 0.252 e. The van der Waals surface area contributed by atoms with Gasteiger partial charge in [-0.05, 0) is 42.5 Å². The molecule has 0 aliphatic heterocycles. The number of aromatic amines is 1. The highest BCUT2D eigenvalue weighted by Crippen LogP contribution is 2.22. The van der Waals surface area contributed by atoms with Crippen LogP contribution in [0.3, 0.4) is 0 Å². The fraction of sp³-hybridized carbons (Fsp3) is 0.105. The zero-order chi connectivity index (χ0) is 20.1. The molecule has 0 spiro atoms. The molecule has 0 unspecified atom stereocenters. The van der Waals surface area contributed by atoms with Crippen LogP contribution in [-0.2, 0) is 4.79 Å². The van der Waals surface area contributed by atoms with Gasteiger partial charge in [-0.1, -0.05) is 23.4 Å². The lowest BCUT2D eigenvalue weighted by molar-refractivity contribution is -0.113. The Morgan fingerprint density at radius 1 is 1.25 bits per heavy atom. The number of anilines is 1. The molecule has 0 bridgehead atoms. The average molecular weight is 420 g/mol. The van der Waals surface area contributed by atoms with Crippen molar-refractivity contribution < 1.29 is 13.9 Å². The Labute approximate surface area is 169 Å². The van der Waals surface area contributed by atoms with E-state index >= 15 is 0 Å². The summed E-state index contributed by atoms with van der Waals surface area (Å²) in [7, 11) is 1.57. The molecule has 3 aromatic rings. The second kappa shape index (κ2) is 8.90. The van der Waals surface area contributed by atoms with Crippen LogP contribution in [0, 0.1) is 5.82 Å². The molecule has 6 nitrogen and oxygen atoms in total. The molecule has 2 aromatic carbocycles. The molecule has 1 amide bonds. The molecule has 0 atom stereocenters. The Morgan fingerprint density at radius 3 is 2.68 bits per heavy atom. The van der Waals surface area contributed by atoms with Crippen molar-refractivity contribution in [2.45, 2.75) is 5.16 Å². The van der Waals surface area contributed by atoms with Crippen molar-refractivity contribution in [2.24, 2.45) is 0 Å². The molecule has 0 fully saturated rings. The van der Waals surface area contributed by atoms with Crippen molar-refractivity contribution in [3.8, 4) is 17.0 Å². The fourth-order valence-corrected chi connectivity index (χ4v) is 3.16. The maximum absolute atomic E-state index is 13.7. The van der Waals surface area contributed by atoms with Crippen LogP contribution in [0.25, 0.3) is 11.3 Å². The van der Waals surface area contributed by atoms with E-state index in [9.17, 15) is 14.0 Å². The number of thioether (sulfide) groups is 1. The smallest absolute Gasteiger partial charge is 0.252 e. The first-order valence-electron chi connectivity index (χ1n) is 8.08. The van der Waals surface area contributed by atoms with Gasteiger partial charge in [0.2, 0.25) is 5.91 Å². The van der Waals surface area contributed by atoms with E-state index in [1.54, 1.807) is 31.4 Å². The summed E-state index contributed by atoms with van der Waals surface area (Å²) in [6, 6.07) is 12.4. The molecule has 2 N–H and O–H groups in total. The summed E-state index contributed by atoms with van der Waals surface area (Å²) >= 11 is 6.72. The van der Waals surface area contributed by atoms with E-state index in [1.807, 2.05) is 0 Å². The van der Waals surface area contributed by atoms with E-state index < -0.39 is 11.7 Å². The molecule has 0 radical (unpaired) electrons. The van der Waals surface area contributed by atoms with E-state index in [-0.39, 0.29) is 27.2 Å². The minimum atomic E-state index is -0.626. The van der Waals surface area contributed by atoms with Gasteiger partial charge in [0.05, 0.1) is 24.2 Å². The summed E-state index contributed by atoms with van der Waals surface area (Å²) in [6.07, 6.45) is 0. The second-order valence-corrected chi connectivity index (χ2v) is 7.03. The van der Waals surface area contributed by atoms with Gasteiger partial charge >= 0.3 is 0 Å². The summed E-state index contributed by atoms with van der Waals surface area (Å²) in [4.78, 5) is 30.9. The van der Waals surface area contributed by atoms with Crippen LogP contribution < -0.4 is 15.6 Å². The highest BCUT2D eigenvalue weighted by Gasteiger charge is 2.10. The first kappa shape index (κ1) is 19.9. The molecule has 3 rings (SSSR count). The van der Waals surface area contributed by atoms with Crippen LogP contribution in [0.2, 0.25) is 5.02 Å². The summed E-state index contributed by atoms with van der Waals surface area (Å²) < 4.78 is 18.9. The van der Waals surface area contributed by atoms with Crippen molar-refractivity contribution in [1.82, 2.24) is 9.97 Å². The summed E-state index contributed by atoms with van der Waals surface area (Å²) in [6.45, 7) is 0. The lowest BCUT2D eigenvalue weighted by Gasteiger charge is -2.07. The molecule has 144 valence electrons. The van der Waals surface area contributed by atoms with Crippen LogP contribution in [-0.4, -0.2) is 28.7 Å². The lowest BCUT2D eigenvalue weighted by atomic mass is 10.1. The van der Waals surface area contributed by atoms with Gasteiger partial charge in [0, 0.05) is 16.7 Å². The van der Waals surface area contributed by atoms with Crippen molar-refractivity contribution in [1.29, 1.82) is 0 Å². The average Bonchev–Trinajstić information content (AvgIpc) is 2.68. The third kappa shape index (κ3) is 5.11. The van der Waals surface area contributed by atoms with Gasteiger partial charge < -0.3 is 15.0 Å². The number of ether oxygens (including phenoxy) is 1. The summed E-state index contributed by atoms with van der Waals surface area (Å²) in [5.74, 6) is -0.436. The van der Waals surface area contributed by atoms with Gasteiger partial charge in [-0.3, -0.25) is 9.59 Å². The number of carbonyl (C=O) groups excluding carboxylic acids is 1. The van der Waals surface area contributed by atoms with Crippen LogP contribution in [0.4, 0.5) is 10.1 Å². The predicted molar refractivity (Wildman–Crippen MR) is 108 cm³/mol. The van der Waals surface area contributed by atoms with Crippen molar-refractivity contribution in [3.05, 3.63) is 69.7 Å². The van der Waals surface area contributed by atoms with Crippen LogP contribution in [0.1, 0.15) is 0 Å². The Balaban J connectivity index is 1.69. The Hall–Kier alpha value is -2.84. The zero-order valence-electron chi connectivity index (χ0n) is 14.7. The molecule has 0 saturated carbocycles. The number of H-pyrrole nitrogens is 1. The number of nitrogens with one attached hydrogen (secondary N) is 2. The van der Waals surface area contributed by atoms with E-state index in [0.717, 1.165) is 23.4 Å². The topological polar surface area (TPSA) is 84.1 Å². The van der Waals surface area contributed by atoms with Gasteiger partial charge in [0.15, 0.2) is 5.16 Å². The van der Waals surface area contributed by atoms with E-state index in [1.165, 1.54) is 18.2 Å². The highest BCUT2D eigenvalue weighted by molar-refractivity contribution is 7.99. The van der Waals surface area contributed by atoms with Crippen molar-refractivity contribution in [2.75, 3.05) is 18.2 Å². The first-order chi connectivity index (χ1) is 13.4. The maximum atomic E-state index is 13.7. The number of carbonyl (C=O) groups is 1. The number of hydrogen-bond donors (Lipinski definition) is 2. The van der Waals surface area contributed by atoms with E-state index in [4.69, 9.17) is 16.3 Å². The van der Waals surface area contributed by atoms with Crippen LogP contribution >= 0.6 is 23.4 Å². The Bertz CT molecular complexity index is 1060. The fourth-order valence-electron chi connectivity index (χ4n) is 2.32. The third-order valence-corrected chi connectivity index (χ3v) is 4.76. The molecule has 1 heterocycles. The SMILES string of the molecule is COc1ccc(-c2cc(=O)[nH]c(SCC(=O)Nc3ccc(Cl)cc3F)n2)cc1. The minimum absolute atomic E-state index is 0.0310. The second-order valence-electron chi connectivity index (χ2n) is 5.63. The number of methoxy groups -OCH3 is 1. The highest BCUT2D eigenvalue weighted by atomic mass is 35.5. The number of nitrogens with zero attached hydrogens (tertiary/aromatic N) is 1. The number of benzene rings is 2. The Kier molecular flexibility index (Phi) is 6.33. The molecule has 9 heteroatoms. The van der Waals surface area contributed by atoms with Crippen molar-refractivity contribution >= 4 is 35.0 Å². The van der Waals surface area contributed by atoms with Gasteiger partial charge in [-0.2, -0.15) is 0 Å². The molecular formula is C19H15ClFN3O3S. The molecule has 0 aliphatic rings. The monoisotopic (exact) mass is 419 g/mol. The lowest BCUT2D eigenvalue weighted by Crippen LogP contribution is -2.16. The molecular weight excluding hydrogens is 405 g/mol. The number of amides is 1. The molecule has 1 aromatic heterocycles.